The third kappa shape index (κ3) is 14.4. The Hall–Kier alpha value is -2.26. The number of pyridine rings is 4. The molecule has 4 aromatic heterocycles. The van der Waals surface area contributed by atoms with E-state index in [1.54, 1.807) is 0 Å². The third-order valence-electron chi connectivity index (χ3n) is 13.0. The number of benzene rings is 1. The van der Waals surface area contributed by atoms with E-state index in [0.29, 0.717) is 0 Å². The molecular formula is C54H78Br4N4. The predicted molar refractivity (Wildman–Crippen MR) is 245 cm³/mol. The van der Waals surface area contributed by atoms with Crippen LogP contribution in [-0.2, 0) is 26.2 Å². The molecule has 0 saturated carbocycles. The van der Waals surface area contributed by atoms with Crippen molar-refractivity contribution in [2.45, 2.75) is 186 Å². The van der Waals surface area contributed by atoms with Crippen molar-refractivity contribution in [2.24, 2.45) is 0 Å². The van der Waals surface area contributed by atoms with Gasteiger partial charge in [0.25, 0.3) is 0 Å². The van der Waals surface area contributed by atoms with Crippen LogP contribution in [0.5, 0.6) is 0 Å². The molecule has 62 heavy (non-hydrogen) atoms. The number of aryl methyl sites for hydroxylation is 8. The van der Waals surface area contributed by atoms with Gasteiger partial charge in [0.15, 0.2) is 49.6 Å². The molecule has 0 fully saturated rings. The van der Waals surface area contributed by atoms with Gasteiger partial charge in [0, 0.05) is 70.2 Å². The maximum Gasteiger partial charge on any atom is 0.176 e. The summed E-state index contributed by atoms with van der Waals surface area (Å²) in [5.74, 6) is 0. The molecule has 1 aromatic carbocycles. The first kappa shape index (κ1) is 57.8. The highest BCUT2D eigenvalue weighted by molar-refractivity contribution is 5.96. The van der Waals surface area contributed by atoms with E-state index in [2.05, 4.69) is 163 Å². The first-order chi connectivity index (χ1) is 27.9. The number of hydrogen-bond acceptors (Lipinski definition) is 0. The second-order valence-electron chi connectivity index (χ2n) is 17.6. The van der Waals surface area contributed by atoms with Crippen molar-refractivity contribution in [3.8, 4) is 44.5 Å². The fraction of sp³-hybridized carbons (Fsp3) is 0.519. The predicted octanol–water partition coefficient (Wildman–Crippen LogP) is 0.749. The maximum absolute atomic E-state index is 2.60. The number of aromatic nitrogens is 4. The number of unbranched alkanes of at least 4 members (excludes halogenated alkanes) is 8. The van der Waals surface area contributed by atoms with Crippen LogP contribution in [0, 0.1) is 55.4 Å². The molecule has 0 radical (unpaired) electrons. The Morgan fingerprint density at radius 2 is 0.468 bits per heavy atom. The van der Waals surface area contributed by atoms with Crippen molar-refractivity contribution in [3.63, 3.8) is 0 Å². The van der Waals surface area contributed by atoms with Crippen LogP contribution in [0.1, 0.15) is 149 Å². The summed E-state index contributed by atoms with van der Waals surface area (Å²) < 4.78 is 9.90. The molecular weight excluding hydrogens is 1020 g/mol. The van der Waals surface area contributed by atoms with E-state index in [4.69, 9.17) is 0 Å². The largest absolute Gasteiger partial charge is 1.00 e. The molecule has 4 nitrogen and oxygen atoms in total. The Balaban J connectivity index is 0.00000480. The monoisotopic (exact) mass is 1100 g/mol. The minimum Gasteiger partial charge on any atom is -1.00 e. The lowest BCUT2D eigenvalue weighted by Crippen LogP contribution is -3.00. The number of halogens is 4. The molecule has 4 heterocycles. The standard InChI is InChI=1S/C54H78N4.4BrH/c1-13-17-21-25-55-31-39(5)43(9)51(35-55)47-29-49(53-37-57(27-23-19-15-3)33-41(7)45(53)11)50(54-38-58(28-24-20-16-4)34-42(8)46(54)12)30-48(47)52-36-56(26-22-18-14-2)32-40(6)44(52)10;;;;/h29-38H,13-28H2,1-12H3;4*1H/q+4;;;;/p-4. The fourth-order valence-corrected chi connectivity index (χ4v) is 8.70. The quantitative estimate of drug-likeness (QED) is 0.0810. The van der Waals surface area contributed by atoms with Crippen LogP contribution >= 0.6 is 0 Å². The first-order valence-corrected chi connectivity index (χ1v) is 23.1. The molecule has 0 aliphatic rings. The van der Waals surface area contributed by atoms with Gasteiger partial charge in [-0.05, 0) is 138 Å². The van der Waals surface area contributed by atoms with Gasteiger partial charge < -0.3 is 67.9 Å². The maximum atomic E-state index is 2.60. The van der Waals surface area contributed by atoms with Gasteiger partial charge >= 0.3 is 0 Å². The molecule has 0 spiro atoms. The summed E-state index contributed by atoms with van der Waals surface area (Å²) in [5.41, 5.74) is 21.6. The van der Waals surface area contributed by atoms with Gasteiger partial charge in [0.05, 0.1) is 0 Å². The number of hydrogen-bond donors (Lipinski definition) is 0. The molecule has 0 N–H and O–H groups in total. The highest BCUT2D eigenvalue weighted by Crippen LogP contribution is 2.45. The van der Waals surface area contributed by atoms with Gasteiger partial charge in [0.2, 0.25) is 0 Å². The van der Waals surface area contributed by atoms with Crippen LogP contribution in [0.4, 0.5) is 0 Å². The van der Waals surface area contributed by atoms with Gasteiger partial charge in [0.1, 0.15) is 26.2 Å². The molecule has 342 valence electrons. The molecule has 5 rings (SSSR count). The van der Waals surface area contributed by atoms with Gasteiger partial charge in [-0.3, -0.25) is 0 Å². The molecule has 0 atom stereocenters. The van der Waals surface area contributed by atoms with E-state index in [1.165, 1.54) is 166 Å². The summed E-state index contributed by atoms with van der Waals surface area (Å²) in [7, 11) is 0. The van der Waals surface area contributed by atoms with E-state index in [0.717, 1.165) is 26.2 Å². The number of rotatable bonds is 20. The van der Waals surface area contributed by atoms with Gasteiger partial charge in [-0.25, -0.2) is 18.3 Å². The SMILES string of the molecule is CCCCC[n+]1cc(C)c(C)c(-c2cc(-c3c[n+](CCCCC)cc(C)c3C)c(-c3c[n+](CCCCC)cc(C)c3C)cc2-c2c[n+](CCCCC)cc(C)c2C)c1.[Br-].[Br-].[Br-].[Br-]. The molecule has 0 saturated heterocycles. The van der Waals surface area contributed by atoms with Crippen LogP contribution in [0.15, 0.2) is 61.7 Å². The number of nitrogens with zero attached hydrogens (tertiary/aromatic N) is 4. The summed E-state index contributed by atoms with van der Waals surface area (Å²) >= 11 is 0. The van der Waals surface area contributed by atoms with E-state index in [9.17, 15) is 0 Å². The Labute approximate surface area is 420 Å². The van der Waals surface area contributed by atoms with E-state index in [1.807, 2.05) is 0 Å². The molecule has 0 unspecified atom stereocenters. The average molecular weight is 1100 g/mol. The molecule has 0 bridgehead atoms. The van der Waals surface area contributed by atoms with Crippen molar-refractivity contribution in [1.82, 2.24) is 0 Å². The van der Waals surface area contributed by atoms with E-state index < -0.39 is 0 Å². The minimum atomic E-state index is 0. The second kappa shape index (κ2) is 27.9. The Morgan fingerprint density at radius 3 is 0.645 bits per heavy atom. The molecule has 5 aromatic rings. The molecule has 0 aliphatic heterocycles. The van der Waals surface area contributed by atoms with E-state index in [-0.39, 0.29) is 67.9 Å². The highest BCUT2D eigenvalue weighted by Gasteiger charge is 2.27. The fourth-order valence-electron chi connectivity index (χ4n) is 8.70. The normalized spacial score (nSPS) is 10.8. The lowest BCUT2D eigenvalue weighted by molar-refractivity contribution is -0.697. The van der Waals surface area contributed by atoms with Crippen LogP contribution in [0.3, 0.4) is 0 Å². The zero-order valence-electron chi connectivity index (χ0n) is 40.4. The van der Waals surface area contributed by atoms with Gasteiger partial charge in [-0.15, -0.1) is 0 Å². The summed E-state index contributed by atoms with van der Waals surface area (Å²) in [4.78, 5) is 0. The van der Waals surface area contributed by atoms with Crippen LogP contribution in [0.2, 0.25) is 0 Å². The zero-order chi connectivity index (χ0) is 41.9. The van der Waals surface area contributed by atoms with Crippen molar-refractivity contribution < 1.29 is 86.2 Å². The van der Waals surface area contributed by atoms with Crippen LogP contribution in [0.25, 0.3) is 44.5 Å². The summed E-state index contributed by atoms with van der Waals surface area (Å²) in [5, 5.41) is 0. The van der Waals surface area contributed by atoms with Gasteiger partial charge in [-0.1, -0.05) is 53.4 Å². The summed E-state index contributed by atoms with van der Waals surface area (Å²) in [6.07, 6.45) is 34.0. The lowest BCUT2D eigenvalue weighted by Gasteiger charge is -2.21. The summed E-state index contributed by atoms with van der Waals surface area (Å²) in [6.45, 7) is 32.0. The lowest BCUT2D eigenvalue weighted by atomic mass is 9.82. The van der Waals surface area contributed by atoms with Crippen molar-refractivity contribution in [2.75, 3.05) is 0 Å². The Morgan fingerprint density at radius 1 is 0.274 bits per heavy atom. The minimum absolute atomic E-state index is 0. The topological polar surface area (TPSA) is 15.5 Å². The van der Waals surface area contributed by atoms with Crippen molar-refractivity contribution in [3.05, 3.63) is 106 Å². The first-order valence-electron chi connectivity index (χ1n) is 23.1. The Kier molecular flexibility index (Phi) is 26.0. The molecule has 8 heteroatoms. The zero-order valence-corrected chi connectivity index (χ0v) is 46.7. The highest BCUT2D eigenvalue weighted by atomic mass is 79.9. The van der Waals surface area contributed by atoms with Crippen molar-refractivity contribution >= 4 is 0 Å². The summed E-state index contributed by atoms with van der Waals surface area (Å²) in [6, 6.07) is 5.21. The van der Waals surface area contributed by atoms with E-state index >= 15 is 0 Å². The second-order valence-corrected chi connectivity index (χ2v) is 17.6. The van der Waals surface area contributed by atoms with Gasteiger partial charge in [-0.2, -0.15) is 0 Å². The van der Waals surface area contributed by atoms with Crippen LogP contribution in [-0.4, -0.2) is 0 Å². The average Bonchev–Trinajstić information content (AvgIpc) is 3.20. The molecule has 0 amide bonds. The smallest absolute Gasteiger partial charge is 0.176 e. The van der Waals surface area contributed by atoms with Crippen molar-refractivity contribution in [1.29, 1.82) is 0 Å². The third-order valence-corrected chi connectivity index (χ3v) is 13.0. The Bertz CT molecular complexity index is 1890. The van der Waals surface area contributed by atoms with Crippen LogP contribution < -0.4 is 86.2 Å². The molecule has 0 aliphatic carbocycles.